The molecule has 4 aromatic rings. The van der Waals surface area contributed by atoms with E-state index >= 15 is 0 Å². The van der Waals surface area contributed by atoms with E-state index in [2.05, 4.69) is 47.4 Å². The van der Waals surface area contributed by atoms with E-state index in [0.717, 1.165) is 22.5 Å². The van der Waals surface area contributed by atoms with Crippen LogP contribution in [-0.4, -0.2) is 14.8 Å². The SMILES string of the molecule is Cc1cc(C)cc(NCc2cc3c(C)nn(-c4ccc(Cl)cc4)c3[nH]c2=O)c1. The first-order valence-electron chi connectivity index (χ1n) is 9.10. The molecule has 28 heavy (non-hydrogen) atoms. The molecule has 5 nitrogen and oxygen atoms in total. The Morgan fingerprint density at radius 1 is 1.04 bits per heavy atom. The Hall–Kier alpha value is -3.05. The van der Waals surface area contributed by atoms with E-state index in [1.807, 2.05) is 25.1 Å². The summed E-state index contributed by atoms with van der Waals surface area (Å²) >= 11 is 5.98. The maximum Gasteiger partial charge on any atom is 0.254 e. The number of H-pyrrole nitrogens is 1. The number of rotatable bonds is 4. The van der Waals surface area contributed by atoms with Crippen LogP contribution >= 0.6 is 11.6 Å². The molecule has 2 aromatic heterocycles. The zero-order chi connectivity index (χ0) is 19.8. The van der Waals surface area contributed by atoms with Crippen molar-refractivity contribution >= 4 is 28.3 Å². The molecule has 0 saturated carbocycles. The van der Waals surface area contributed by atoms with E-state index in [0.29, 0.717) is 22.8 Å². The maximum atomic E-state index is 12.7. The molecule has 0 aliphatic rings. The summed E-state index contributed by atoms with van der Waals surface area (Å²) in [5.41, 5.74) is 6.31. The van der Waals surface area contributed by atoms with Gasteiger partial charge in [-0.15, -0.1) is 0 Å². The molecule has 0 aliphatic carbocycles. The fourth-order valence-electron chi connectivity index (χ4n) is 3.43. The first kappa shape index (κ1) is 18.3. The predicted molar refractivity (Wildman–Crippen MR) is 115 cm³/mol. The fourth-order valence-corrected chi connectivity index (χ4v) is 3.56. The number of aryl methyl sites for hydroxylation is 3. The lowest BCUT2D eigenvalue weighted by molar-refractivity contribution is 0.874. The highest BCUT2D eigenvalue weighted by atomic mass is 35.5. The molecular formula is C22H21ClN4O. The molecule has 0 spiro atoms. The van der Waals surface area contributed by atoms with E-state index in [1.165, 1.54) is 11.1 Å². The second-order valence-corrected chi connectivity index (χ2v) is 7.53. The van der Waals surface area contributed by atoms with Gasteiger partial charge in [0.15, 0.2) is 0 Å². The number of anilines is 1. The number of aromatic amines is 1. The molecule has 4 rings (SSSR count). The topological polar surface area (TPSA) is 62.7 Å². The van der Waals surface area contributed by atoms with Gasteiger partial charge in [0.2, 0.25) is 0 Å². The molecular weight excluding hydrogens is 372 g/mol. The molecule has 0 fully saturated rings. The van der Waals surface area contributed by atoms with Gasteiger partial charge in [-0.05, 0) is 74.4 Å². The Balaban J connectivity index is 1.70. The van der Waals surface area contributed by atoms with Crippen LogP contribution in [0.5, 0.6) is 0 Å². The van der Waals surface area contributed by atoms with Crippen LogP contribution in [0.4, 0.5) is 5.69 Å². The van der Waals surface area contributed by atoms with E-state index in [-0.39, 0.29) is 5.56 Å². The Kier molecular flexibility index (Phi) is 4.69. The molecule has 142 valence electrons. The summed E-state index contributed by atoms with van der Waals surface area (Å²) in [6.07, 6.45) is 0. The number of hydrogen-bond donors (Lipinski definition) is 2. The number of halogens is 1. The summed E-state index contributed by atoms with van der Waals surface area (Å²) in [6, 6.07) is 15.5. The fraction of sp³-hybridized carbons (Fsp3) is 0.182. The second kappa shape index (κ2) is 7.17. The van der Waals surface area contributed by atoms with Gasteiger partial charge in [-0.1, -0.05) is 17.7 Å². The minimum Gasteiger partial charge on any atom is -0.381 e. The third kappa shape index (κ3) is 3.53. The highest BCUT2D eigenvalue weighted by Gasteiger charge is 2.13. The quantitative estimate of drug-likeness (QED) is 0.519. The number of nitrogens with zero attached hydrogens (tertiary/aromatic N) is 2. The molecule has 2 N–H and O–H groups in total. The number of benzene rings is 2. The van der Waals surface area contributed by atoms with Crippen LogP contribution < -0.4 is 10.9 Å². The summed E-state index contributed by atoms with van der Waals surface area (Å²) in [4.78, 5) is 15.7. The lowest BCUT2D eigenvalue weighted by Gasteiger charge is -2.09. The largest absolute Gasteiger partial charge is 0.381 e. The van der Waals surface area contributed by atoms with E-state index in [1.54, 1.807) is 16.8 Å². The highest BCUT2D eigenvalue weighted by Crippen LogP contribution is 2.21. The van der Waals surface area contributed by atoms with Gasteiger partial charge in [0.1, 0.15) is 5.65 Å². The van der Waals surface area contributed by atoms with Crippen LogP contribution in [0, 0.1) is 20.8 Å². The Morgan fingerprint density at radius 2 is 1.71 bits per heavy atom. The van der Waals surface area contributed by atoms with Gasteiger partial charge in [-0.3, -0.25) is 4.79 Å². The van der Waals surface area contributed by atoms with Gasteiger partial charge < -0.3 is 10.3 Å². The smallest absolute Gasteiger partial charge is 0.254 e. The maximum absolute atomic E-state index is 12.7. The number of nitrogens with one attached hydrogen (secondary N) is 2. The molecule has 6 heteroatoms. The summed E-state index contributed by atoms with van der Waals surface area (Å²) in [7, 11) is 0. The van der Waals surface area contributed by atoms with Crippen molar-refractivity contribution in [3.63, 3.8) is 0 Å². The third-order valence-electron chi connectivity index (χ3n) is 4.72. The lowest BCUT2D eigenvalue weighted by atomic mass is 10.1. The molecule has 0 aliphatic heterocycles. The van der Waals surface area contributed by atoms with Crippen LogP contribution in [0.15, 0.2) is 53.3 Å². The standard InChI is InChI=1S/C22H21ClN4O/c1-13-8-14(2)10-18(9-13)24-12-16-11-20-15(3)26-27(21(20)25-22(16)28)19-6-4-17(23)5-7-19/h4-11,24H,12H2,1-3H3,(H,25,28). The van der Waals surface area contributed by atoms with Gasteiger partial charge in [0.25, 0.3) is 5.56 Å². The average molecular weight is 393 g/mol. The third-order valence-corrected chi connectivity index (χ3v) is 4.98. The van der Waals surface area contributed by atoms with Crippen LogP contribution in [0.2, 0.25) is 5.02 Å². The van der Waals surface area contributed by atoms with Crippen molar-refractivity contribution in [1.82, 2.24) is 14.8 Å². The molecule has 0 amide bonds. The molecule has 2 aromatic carbocycles. The van der Waals surface area contributed by atoms with Gasteiger partial charge >= 0.3 is 0 Å². The monoisotopic (exact) mass is 392 g/mol. The number of fused-ring (bicyclic) bond motifs is 1. The Labute approximate surface area is 168 Å². The van der Waals surface area contributed by atoms with Gasteiger partial charge in [0.05, 0.1) is 11.4 Å². The van der Waals surface area contributed by atoms with Crippen molar-refractivity contribution in [2.45, 2.75) is 27.3 Å². The number of pyridine rings is 1. The molecule has 0 unspecified atom stereocenters. The summed E-state index contributed by atoms with van der Waals surface area (Å²) in [5, 5.41) is 9.53. The van der Waals surface area contributed by atoms with Crippen LogP contribution in [0.1, 0.15) is 22.4 Å². The molecule has 0 saturated heterocycles. The van der Waals surface area contributed by atoms with Crippen LogP contribution in [0.3, 0.4) is 0 Å². The zero-order valence-electron chi connectivity index (χ0n) is 16.0. The van der Waals surface area contributed by atoms with Gasteiger partial charge in [-0.2, -0.15) is 5.10 Å². The first-order chi connectivity index (χ1) is 13.4. The molecule has 0 bridgehead atoms. The molecule has 2 heterocycles. The molecule has 0 radical (unpaired) electrons. The van der Waals surface area contributed by atoms with Crippen molar-refractivity contribution in [2.24, 2.45) is 0 Å². The van der Waals surface area contributed by atoms with Crippen molar-refractivity contribution in [3.8, 4) is 5.69 Å². The van der Waals surface area contributed by atoms with Crippen molar-refractivity contribution in [2.75, 3.05) is 5.32 Å². The Morgan fingerprint density at radius 3 is 2.39 bits per heavy atom. The lowest BCUT2D eigenvalue weighted by Crippen LogP contribution is -2.16. The van der Waals surface area contributed by atoms with Crippen LogP contribution in [-0.2, 0) is 6.54 Å². The van der Waals surface area contributed by atoms with E-state index in [4.69, 9.17) is 11.6 Å². The van der Waals surface area contributed by atoms with E-state index in [9.17, 15) is 4.79 Å². The Bertz CT molecular complexity index is 1200. The summed E-state index contributed by atoms with van der Waals surface area (Å²) in [6.45, 7) is 6.50. The first-order valence-corrected chi connectivity index (χ1v) is 9.48. The van der Waals surface area contributed by atoms with Crippen molar-refractivity contribution in [3.05, 3.63) is 86.3 Å². The second-order valence-electron chi connectivity index (χ2n) is 7.09. The number of hydrogen-bond acceptors (Lipinski definition) is 3. The van der Waals surface area contributed by atoms with Crippen LogP contribution in [0.25, 0.3) is 16.7 Å². The van der Waals surface area contributed by atoms with Crippen molar-refractivity contribution < 1.29 is 0 Å². The molecule has 0 atom stereocenters. The number of aromatic nitrogens is 3. The van der Waals surface area contributed by atoms with Gasteiger partial charge in [-0.25, -0.2) is 4.68 Å². The zero-order valence-corrected chi connectivity index (χ0v) is 16.8. The highest BCUT2D eigenvalue weighted by molar-refractivity contribution is 6.30. The summed E-state index contributed by atoms with van der Waals surface area (Å²) < 4.78 is 1.74. The predicted octanol–water partition coefficient (Wildman–Crippen LogP) is 4.90. The minimum atomic E-state index is -0.125. The normalized spacial score (nSPS) is 11.1. The van der Waals surface area contributed by atoms with E-state index < -0.39 is 0 Å². The van der Waals surface area contributed by atoms with Crippen molar-refractivity contribution in [1.29, 1.82) is 0 Å². The average Bonchev–Trinajstić information content (AvgIpc) is 2.95. The summed E-state index contributed by atoms with van der Waals surface area (Å²) in [5.74, 6) is 0. The van der Waals surface area contributed by atoms with Gasteiger partial charge in [0, 0.05) is 28.2 Å². The minimum absolute atomic E-state index is 0.125.